The number of carbonyl (C=O) groups is 1. The summed E-state index contributed by atoms with van der Waals surface area (Å²) in [6.07, 6.45) is 7.12. The molecule has 1 aromatic heterocycles. The topological polar surface area (TPSA) is 63.3 Å². The van der Waals surface area contributed by atoms with Crippen LogP contribution < -0.4 is 0 Å². The molecule has 0 radical (unpaired) electrons. The van der Waals surface area contributed by atoms with E-state index in [4.69, 9.17) is 14.5 Å². The number of benzene rings is 3. The first-order valence-corrected chi connectivity index (χ1v) is 12.3. The van der Waals surface area contributed by atoms with Crippen molar-refractivity contribution < 1.29 is 14.3 Å². The van der Waals surface area contributed by atoms with E-state index in [2.05, 4.69) is 42.5 Å². The molecule has 0 saturated carbocycles. The van der Waals surface area contributed by atoms with Gasteiger partial charge in [0.05, 0.1) is 0 Å². The van der Waals surface area contributed by atoms with Gasteiger partial charge in [0.25, 0.3) is 0 Å². The lowest BCUT2D eigenvalue weighted by Crippen LogP contribution is -2.11. The number of carboxylic acid groups (broad SMARTS) is 1. The summed E-state index contributed by atoms with van der Waals surface area (Å²) in [5, 5.41) is 9.03. The molecule has 35 heavy (non-hydrogen) atoms. The van der Waals surface area contributed by atoms with Crippen LogP contribution in [0.4, 0.5) is 0 Å². The van der Waals surface area contributed by atoms with Crippen LogP contribution in [0.1, 0.15) is 42.7 Å². The Hall–Kier alpha value is -3.92. The zero-order valence-corrected chi connectivity index (χ0v) is 19.7. The van der Waals surface area contributed by atoms with Crippen molar-refractivity contribution in [2.75, 3.05) is 0 Å². The minimum Gasteiger partial charge on any atom is -0.481 e. The van der Waals surface area contributed by atoms with E-state index in [-0.39, 0.29) is 6.42 Å². The molecule has 176 valence electrons. The fourth-order valence-corrected chi connectivity index (χ4v) is 4.89. The first-order chi connectivity index (χ1) is 17.2. The summed E-state index contributed by atoms with van der Waals surface area (Å²) in [6.45, 7) is 0. The Balaban J connectivity index is 1.47. The van der Waals surface area contributed by atoms with Gasteiger partial charge in [0.2, 0.25) is 5.89 Å². The summed E-state index contributed by atoms with van der Waals surface area (Å²) in [5.41, 5.74) is 6.40. The second-order valence-corrected chi connectivity index (χ2v) is 9.13. The zero-order chi connectivity index (χ0) is 24.0. The molecule has 1 aliphatic carbocycles. The number of allylic oxidation sites excluding steroid dienone is 2. The Morgan fingerprint density at radius 3 is 2.37 bits per heavy atom. The van der Waals surface area contributed by atoms with Crippen molar-refractivity contribution in [2.45, 2.75) is 38.5 Å². The number of aromatic nitrogens is 1. The molecule has 1 heterocycles. The third-order valence-electron chi connectivity index (χ3n) is 6.62. The average Bonchev–Trinajstić information content (AvgIpc) is 3.34. The smallest absolute Gasteiger partial charge is 0.303 e. The molecule has 4 nitrogen and oxygen atoms in total. The zero-order valence-electron chi connectivity index (χ0n) is 19.7. The van der Waals surface area contributed by atoms with E-state index in [0.29, 0.717) is 18.2 Å². The molecule has 4 heteroatoms. The number of nitrogens with zero attached hydrogens (tertiary/aromatic N) is 1. The number of aryl methyl sites for hydroxylation is 1. The molecule has 0 aliphatic heterocycles. The first-order valence-electron chi connectivity index (χ1n) is 12.3. The molecule has 3 aromatic carbocycles. The number of aliphatic carboxylic acids is 1. The van der Waals surface area contributed by atoms with Gasteiger partial charge in [-0.1, -0.05) is 91.0 Å². The average molecular weight is 464 g/mol. The fraction of sp³-hybridized carbons (Fsp3) is 0.226. The highest BCUT2D eigenvalue weighted by Gasteiger charge is 2.26. The largest absolute Gasteiger partial charge is 0.481 e. The highest BCUT2D eigenvalue weighted by molar-refractivity contribution is 5.79. The van der Waals surface area contributed by atoms with E-state index < -0.39 is 5.97 Å². The summed E-state index contributed by atoms with van der Waals surface area (Å²) >= 11 is 0. The third-order valence-corrected chi connectivity index (χ3v) is 6.62. The van der Waals surface area contributed by atoms with Gasteiger partial charge in [-0.15, -0.1) is 0 Å². The van der Waals surface area contributed by atoms with Gasteiger partial charge in [-0.2, -0.15) is 0 Å². The molecule has 1 N–H and O–H groups in total. The highest BCUT2D eigenvalue weighted by Crippen LogP contribution is 2.40. The van der Waals surface area contributed by atoms with Gasteiger partial charge in [0.15, 0.2) is 5.76 Å². The monoisotopic (exact) mass is 463 g/mol. The van der Waals surface area contributed by atoms with Crippen LogP contribution in [0.25, 0.3) is 28.2 Å². The second-order valence-electron chi connectivity index (χ2n) is 9.13. The van der Waals surface area contributed by atoms with Gasteiger partial charge in [-0.3, -0.25) is 4.79 Å². The molecule has 5 rings (SSSR count). The Labute approximate surface area is 206 Å². The van der Waals surface area contributed by atoms with Gasteiger partial charge < -0.3 is 9.52 Å². The minimum absolute atomic E-state index is 0.152. The Morgan fingerprint density at radius 2 is 1.63 bits per heavy atom. The van der Waals surface area contributed by atoms with E-state index >= 15 is 0 Å². The lowest BCUT2D eigenvalue weighted by atomic mass is 9.83. The maximum atomic E-state index is 11.0. The van der Waals surface area contributed by atoms with Crippen LogP contribution in [0.15, 0.2) is 95.4 Å². The van der Waals surface area contributed by atoms with Gasteiger partial charge in [-0.05, 0) is 49.1 Å². The highest BCUT2D eigenvalue weighted by atomic mass is 16.4. The van der Waals surface area contributed by atoms with E-state index in [1.54, 1.807) is 0 Å². The minimum atomic E-state index is -0.764. The summed E-state index contributed by atoms with van der Waals surface area (Å²) < 4.78 is 6.51. The van der Waals surface area contributed by atoms with E-state index in [1.807, 2.05) is 48.5 Å². The molecule has 1 atom stereocenters. The van der Waals surface area contributed by atoms with E-state index in [9.17, 15) is 4.79 Å². The molecular weight excluding hydrogens is 434 g/mol. The number of hydrogen-bond donors (Lipinski definition) is 1. The lowest BCUT2D eigenvalue weighted by molar-refractivity contribution is -0.136. The fourth-order valence-electron chi connectivity index (χ4n) is 4.89. The van der Waals surface area contributed by atoms with Crippen molar-refractivity contribution in [2.24, 2.45) is 5.92 Å². The molecular formula is C31H29NO3. The maximum Gasteiger partial charge on any atom is 0.303 e. The summed E-state index contributed by atoms with van der Waals surface area (Å²) in [4.78, 5) is 16.0. The van der Waals surface area contributed by atoms with Crippen LogP contribution in [0.3, 0.4) is 0 Å². The molecule has 1 aliphatic rings. The number of oxazole rings is 1. The van der Waals surface area contributed by atoms with Crippen molar-refractivity contribution in [1.29, 1.82) is 0 Å². The Morgan fingerprint density at radius 1 is 0.914 bits per heavy atom. The SMILES string of the molecule is O=C(O)CCc1cccc(CC2CCCC=C2c2nc(-c3ccccc3)c(-c3ccccc3)o2)c1. The summed E-state index contributed by atoms with van der Waals surface area (Å²) in [5.74, 6) is 1.05. The van der Waals surface area contributed by atoms with Crippen molar-refractivity contribution in [1.82, 2.24) is 4.98 Å². The molecule has 0 bridgehead atoms. The lowest BCUT2D eigenvalue weighted by Gasteiger charge is -2.22. The molecule has 1 unspecified atom stereocenters. The predicted octanol–water partition coefficient (Wildman–Crippen LogP) is 7.45. The van der Waals surface area contributed by atoms with Crippen LogP contribution in [0, 0.1) is 5.92 Å². The first kappa shape index (κ1) is 22.9. The van der Waals surface area contributed by atoms with Crippen LogP contribution in [0.2, 0.25) is 0 Å². The summed E-state index contributed by atoms with van der Waals surface area (Å²) in [7, 11) is 0. The second kappa shape index (κ2) is 10.6. The van der Waals surface area contributed by atoms with Crippen molar-refractivity contribution in [3.05, 3.63) is 108 Å². The van der Waals surface area contributed by atoms with Gasteiger partial charge in [0, 0.05) is 23.1 Å². The standard InChI is InChI=1S/C31H29NO3/c33-28(34)19-18-22-10-9-11-23(20-22)21-26-16-7-8-17-27(26)31-32-29(24-12-3-1-4-13-24)30(35-31)25-14-5-2-6-15-25/h1-6,9-15,17,20,26H,7-8,16,18-19,21H2,(H,33,34). The van der Waals surface area contributed by atoms with Crippen LogP contribution in [-0.4, -0.2) is 16.1 Å². The van der Waals surface area contributed by atoms with Crippen molar-refractivity contribution >= 4 is 11.5 Å². The van der Waals surface area contributed by atoms with E-state index in [0.717, 1.165) is 53.8 Å². The molecule has 0 fully saturated rings. The quantitative estimate of drug-likeness (QED) is 0.295. The third kappa shape index (κ3) is 5.43. The summed E-state index contributed by atoms with van der Waals surface area (Å²) in [6, 6.07) is 28.7. The van der Waals surface area contributed by atoms with Crippen molar-refractivity contribution in [3.8, 4) is 22.6 Å². The van der Waals surface area contributed by atoms with Crippen molar-refractivity contribution in [3.63, 3.8) is 0 Å². The van der Waals surface area contributed by atoms with Gasteiger partial charge in [-0.25, -0.2) is 4.98 Å². The van der Waals surface area contributed by atoms with Gasteiger partial charge in [0.1, 0.15) is 5.69 Å². The maximum absolute atomic E-state index is 11.0. The number of hydrogen-bond acceptors (Lipinski definition) is 3. The van der Waals surface area contributed by atoms with E-state index in [1.165, 1.54) is 11.1 Å². The van der Waals surface area contributed by atoms with Crippen LogP contribution >= 0.6 is 0 Å². The number of rotatable bonds is 8. The Bertz CT molecular complexity index is 1260. The molecule has 0 spiro atoms. The molecule has 4 aromatic rings. The normalized spacial score (nSPS) is 15.5. The van der Waals surface area contributed by atoms with Gasteiger partial charge >= 0.3 is 5.97 Å². The Kier molecular flexibility index (Phi) is 6.89. The molecule has 0 saturated heterocycles. The van der Waals surface area contributed by atoms with Crippen LogP contribution in [0.5, 0.6) is 0 Å². The number of carboxylic acids is 1. The predicted molar refractivity (Wildman–Crippen MR) is 139 cm³/mol. The molecule has 0 amide bonds. The van der Waals surface area contributed by atoms with Crippen LogP contribution in [-0.2, 0) is 17.6 Å².